The molecule has 7 heteroatoms. The Kier molecular flexibility index (Phi) is 3.35. The number of hydrogen-bond acceptors (Lipinski definition) is 5. The Bertz CT molecular complexity index is 876. The molecule has 2 heterocycles. The summed E-state index contributed by atoms with van der Waals surface area (Å²) in [6.07, 6.45) is 0. The molecule has 0 bridgehead atoms. The fourth-order valence-electron chi connectivity index (χ4n) is 2.61. The zero-order valence-corrected chi connectivity index (χ0v) is 12.4. The summed E-state index contributed by atoms with van der Waals surface area (Å²) in [5.41, 5.74) is 7.50. The van der Waals surface area contributed by atoms with Crippen LogP contribution >= 0.6 is 11.6 Å². The monoisotopic (exact) mass is 313 g/mol. The molecule has 110 valence electrons. The minimum Gasteiger partial charge on any atom is -0.369 e. The second-order valence-corrected chi connectivity index (χ2v) is 5.41. The van der Waals surface area contributed by atoms with Crippen LogP contribution in [0.5, 0.6) is 0 Å². The van der Waals surface area contributed by atoms with Crippen LogP contribution in [0.1, 0.15) is 24.0 Å². The molecule has 3 rings (SSSR count). The van der Waals surface area contributed by atoms with Crippen molar-refractivity contribution in [2.75, 3.05) is 11.1 Å². The van der Waals surface area contributed by atoms with Crippen molar-refractivity contribution in [2.24, 2.45) is 0 Å². The zero-order chi connectivity index (χ0) is 15.9. The molecule has 1 aromatic heterocycles. The molecule has 0 radical (unpaired) electrons. The normalized spacial score (nSPS) is 16.7. The van der Waals surface area contributed by atoms with E-state index in [4.69, 9.17) is 17.3 Å². The third-order valence-electron chi connectivity index (χ3n) is 3.58. The van der Waals surface area contributed by atoms with E-state index in [1.165, 1.54) is 0 Å². The number of nitrogens with two attached hydrogens (primary N) is 1. The quantitative estimate of drug-likeness (QED) is 0.749. The molecule has 4 N–H and O–H groups in total. The van der Waals surface area contributed by atoms with Gasteiger partial charge in [-0.05, 0) is 24.6 Å². The standard InChI is InChI=1S/C15H12ClN5O/c1-7-10(6-17)11(8-2-4-9(16)5-3-8)12-13(19-7)20-15(18)21-14(12)22/h2-5,11H,1H3,(H4,18,19,20,21,22). The van der Waals surface area contributed by atoms with Gasteiger partial charge in [0.15, 0.2) is 0 Å². The number of aromatic amines is 1. The number of rotatable bonds is 1. The number of hydrogen-bond donors (Lipinski definition) is 3. The maximum absolute atomic E-state index is 12.3. The van der Waals surface area contributed by atoms with Crippen molar-refractivity contribution in [3.63, 3.8) is 0 Å². The summed E-state index contributed by atoms with van der Waals surface area (Å²) in [6, 6.07) is 9.21. The Hall–Kier alpha value is -2.78. The summed E-state index contributed by atoms with van der Waals surface area (Å²) in [7, 11) is 0. The molecule has 0 saturated carbocycles. The van der Waals surface area contributed by atoms with Crippen LogP contribution in [0.25, 0.3) is 0 Å². The van der Waals surface area contributed by atoms with Crippen molar-refractivity contribution < 1.29 is 0 Å². The lowest BCUT2D eigenvalue weighted by atomic mass is 9.83. The Balaban J connectivity index is 2.29. The third-order valence-corrected chi connectivity index (χ3v) is 3.84. The largest absolute Gasteiger partial charge is 0.369 e. The highest BCUT2D eigenvalue weighted by molar-refractivity contribution is 6.30. The van der Waals surface area contributed by atoms with Crippen molar-refractivity contribution in [1.29, 1.82) is 5.26 Å². The van der Waals surface area contributed by atoms with Crippen LogP contribution in [0, 0.1) is 11.3 Å². The lowest BCUT2D eigenvalue weighted by molar-refractivity contribution is 0.889. The van der Waals surface area contributed by atoms with Crippen LogP contribution in [0.4, 0.5) is 11.8 Å². The predicted octanol–water partition coefficient (Wildman–Crippen LogP) is 2.36. The second kappa shape index (κ2) is 5.20. The Morgan fingerprint density at radius 2 is 2.05 bits per heavy atom. The summed E-state index contributed by atoms with van der Waals surface area (Å²) in [5.74, 6) is -0.104. The van der Waals surface area contributed by atoms with Gasteiger partial charge in [0.1, 0.15) is 5.82 Å². The van der Waals surface area contributed by atoms with Crippen LogP contribution in [-0.2, 0) is 0 Å². The fraction of sp³-hybridized carbons (Fsp3) is 0.133. The molecular formula is C15H12ClN5O. The number of nitriles is 1. The molecule has 1 aromatic carbocycles. The topological polar surface area (TPSA) is 108 Å². The van der Waals surface area contributed by atoms with Crippen molar-refractivity contribution in [3.8, 4) is 6.07 Å². The maximum Gasteiger partial charge on any atom is 0.258 e. The fourth-order valence-corrected chi connectivity index (χ4v) is 2.73. The first-order chi connectivity index (χ1) is 10.5. The Morgan fingerprint density at radius 1 is 1.36 bits per heavy atom. The van der Waals surface area contributed by atoms with Crippen molar-refractivity contribution in [2.45, 2.75) is 12.8 Å². The van der Waals surface area contributed by atoms with E-state index in [0.29, 0.717) is 27.7 Å². The van der Waals surface area contributed by atoms with E-state index in [9.17, 15) is 10.1 Å². The van der Waals surface area contributed by atoms with Gasteiger partial charge in [-0.25, -0.2) is 0 Å². The molecule has 22 heavy (non-hydrogen) atoms. The smallest absolute Gasteiger partial charge is 0.258 e. The lowest BCUT2D eigenvalue weighted by Crippen LogP contribution is -2.27. The Labute approximate surface area is 131 Å². The molecular weight excluding hydrogens is 302 g/mol. The Morgan fingerprint density at radius 3 is 2.68 bits per heavy atom. The molecule has 0 saturated heterocycles. The average Bonchev–Trinajstić information content (AvgIpc) is 2.46. The molecule has 0 fully saturated rings. The van der Waals surface area contributed by atoms with Crippen molar-refractivity contribution in [1.82, 2.24) is 9.97 Å². The molecule has 2 aromatic rings. The van der Waals surface area contributed by atoms with Gasteiger partial charge < -0.3 is 11.1 Å². The molecule has 6 nitrogen and oxygen atoms in total. The average molecular weight is 314 g/mol. The van der Waals surface area contributed by atoms with Gasteiger partial charge in [0.2, 0.25) is 5.95 Å². The van der Waals surface area contributed by atoms with Crippen LogP contribution in [0.3, 0.4) is 0 Å². The first-order valence-corrected chi connectivity index (χ1v) is 6.92. The summed E-state index contributed by atoms with van der Waals surface area (Å²) in [5, 5.41) is 13.0. The number of nitrogens with zero attached hydrogens (tertiary/aromatic N) is 2. The van der Waals surface area contributed by atoms with Crippen molar-refractivity contribution in [3.05, 3.63) is 62.0 Å². The highest BCUT2D eigenvalue weighted by Gasteiger charge is 2.31. The number of fused-ring (bicyclic) bond motifs is 1. The number of nitrogen functional groups attached to an aromatic ring is 1. The van der Waals surface area contributed by atoms with E-state index < -0.39 is 5.92 Å². The first kappa shape index (κ1) is 14.2. The number of allylic oxidation sites excluding steroid dienone is 2. The zero-order valence-electron chi connectivity index (χ0n) is 11.6. The highest BCUT2D eigenvalue weighted by Crippen LogP contribution is 2.38. The molecule has 0 amide bonds. The van der Waals surface area contributed by atoms with E-state index in [1.807, 2.05) is 0 Å². The van der Waals surface area contributed by atoms with Gasteiger partial charge in [0.25, 0.3) is 5.56 Å². The van der Waals surface area contributed by atoms with Gasteiger partial charge in [-0.3, -0.25) is 9.78 Å². The maximum atomic E-state index is 12.3. The molecule has 1 aliphatic heterocycles. The number of anilines is 2. The van der Waals surface area contributed by atoms with Gasteiger partial charge in [-0.15, -0.1) is 0 Å². The summed E-state index contributed by atoms with van der Waals surface area (Å²) < 4.78 is 0. The van der Waals surface area contributed by atoms with Gasteiger partial charge >= 0.3 is 0 Å². The van der Waals surface area contributed by atoms with Gasteiger partial charge in [0.05, 0.1) is 23.1 Å². The number of halogens is 1. The first-order valence-electron chi connectivity index (χ1n) is 6.54. The summed E-state index contributed by atoms with van der Waals surface area (Å²) in [4.78, 5) is 18.9. The molecule has 1 unspecified atom stereocenters. The number of aromatic nitrogens is 2. The lowest BCUT2D eigenvalue weighted by Gasteiger charge is -2.26. The molecule has 0 aliphatic carbocycles. The van der Waals surface area contributed by atoms with Crippen LogP contribution in [0.15, 0.2) is 40.3 Å². The highest BCUT2D eigenvalue weighted by atomic mass is 35.5. The number of H-pyrrole nitrogens is 1. The van der Waals surface area contributed by atoms with E-state index >= 15 is 0 Å². The minimum absolute atomic E-state index is 0.0271. The van der Waals surface area contributed by atoms with Gasteiger partial charge in [-0.2, -0.15) is 10.2 Å². The van der Waals surface area contributed by atoms with Crippen LogP contribution < -0.4 is 16.6 Å². The summed E-state index contributed by atoms with van der Waals surface area (Å²) >= 11 is 5.92. The van der Waals surface area contributed by atoms with E-state index in [0.717, 1.165) is 5.56 Å². The predicted molar refractivity (Wildman–Crippen MR) is 84.5 cm³/mol. The van der Waals surface area contributed by atoms with Gasteiger partial charge in [-0.1, -0.05) is 23.7 Å². The van der Waals surface area contributed by atoms with Crippen LogP contribution in [0.2, 0.25) is 5.02 Å². The van der Waals surface area contributed by atoms with Crippen LogP contribution in [-0.4, -0.2) is 9.97 Å². The second-order valence-electron chi connectivity index (χ2n) is 4.97. The minimum atomic E-state index is -0.504. The summed E-state index contributed by atoms with van der Waals surface area (Å²) in [6.45, 7) is 1.77. The molecule has 1 aliphatic rings. The molecule has 0 spiro atoms. The van der Waals surface area contributed by atoms with Gasteiger partial charge in [0, 0.05) is 10.7 Å². The van der Waals surface area contributed by atoms with E-state index in [-0.39, 0.29) is 11.5 Å². The van der Waals surface area contributed by atoms with E-state index in [2.05, 4.69) is 21.4 Å². The number of nitrogens with one attached hydrogen (secondary N) is 2. The van der Waals surface area contributed by atoms with E-state index in [1.54, 1.807) is 31.2 Å². The van der Waals surface area contributed by atoms with Crippen molar-refractivity contribution >= 4 is 23.4 Å². The third kappa shape index (κ3) is 2.22. The number of benzene rings is 1. The molecule has 1 atom stereocenters. The SMILES string of the molecule is CC1=C(C#N)C(c2ccc(Cl)cc2)c2c(nc(N)[nH]c2=O)N1.